The van der Waals surface area contributed by atoms with Crippen LogP contribution < -0.4 is 0 Å². The van der Waals surface area contributed by atoms with Crippen LogP contribution in [0.3, 0.4) is 0 Å². The Balaban J connectivity index is 2.98. The molecule has 0 aliphatic rings. The Kier molecular flexibility index (Phi) is 6.47. The second kappa shape index (κ2) is 7.15. The molecule has 0 atom stereocenters. The van der Waals surface area contributed by atoms with E-state index in [1.165, 1.54) is 6.08 Å². The van der Waals surface area contributed by atoms with Crippen LogP contribution in [0, 0.1) is 0 Å². The second-order valence-electron chi connectivity index (χ2n) is 1.78. The average Bonchev–Trinajstić information content (AvgIpc) is 1.89. The van der Waals surface area contributed by atoms with Crippen molar-refractivity contribution in [2.45, 2.75) is 19.3 Å². The number of carbonyl (C=O) groups is 1. The predicted molar refractivity (Wildman–Crippen MR) is 39.3 cm³/mol. The van der Waals surface area contributed by atoms with Gasteiger partial charge in [0.15, 0.2) is 0 Å². The highest BCUT2D eigenvalue weighted by Gasteiger charge is 1.76. The highest BCUT2D eigenvalue weighted by Crippen LogP contribution is 1.95. The fourth-order valence-electron chi connectivity index (χ4n) is 0.532. The van der Waals surface area contributed by atoms with Gasteiger partial charge in [0, 0.05) is 0 Å². The van der Waals surface area contributed by atoms with Gasteiger partial charge < -0.3 is 0 Å². The fourth-order valence-corrected chi connectivity index (χ4v) is 0.532. The fraction of sp³-hybridized carbons (Fsp3) is 0.375. The van der Waals surface area contributed by atoms with Crippen molar-refractivity contribution in [3.63, 3.8) is 0 Å². The minimum absolute atomic E-state index is 0.800. The molecule has 0 rings (SSSR count). The van der Waals surface area contributed by atoms with Gasteiger partial charge in [-0.25, -0.2) is 0 Å². The number of carbonyl (C=O) groups excluding carboxylic acids is 1. The second-order valence-corrected chi connectivity index (χ2v) is 1.78. The molecule has 0 saturated heterocycles. The van der Waals surface area contributed by atoms with Gasteiger partial charge in [-0.1, -0.05) is 12.2 Å². The highest BCUT2D eigenvalue weighted by atomic mass is 16.1. The molecule has 9 heavy (non-hydrogen) atoms. The molecule has 0 bridgehead atoms. The molecule has 0 N–H and O–H groups in total. The van der Waals surface area contributed by atoms with Crippen LogP contribution in [0.4, 0.5) is 0 Å². The van der Waals surface area contributed by atoms with Crippen LogP contribution in [0.25, 0.3) is 0 Å². The molecule has 0 aliphatic heterocycles. The zero-order chi connectivity index (χ0) is 6.95. The van der Waals surface area contributed by atoms with E-state index in [-0.39, 0.29) is 0 Å². The first kappa shape index (κ1) is 8.15. The summed E-state index contributed by atoms with van der Waals surface area (Å²) >= 11 is 0. The van der Waals surface area contributed by atoms with E-state index in [2.05, 4.69) is 6.58 Å². The summed E-state index contributed by atoms with van der Waals surface area (Å²) in [5.74, 6) is 0. The molecule has 0 spiro atoms. The molecule has 1 heteroatoms. The number of rotatable bonds is 5. The predicted octanol–water partition coefficient (Wildman–Crippen LogP) is 2.10. The quantitative estimate of drug-likeness (QED) is 0.237. The zero-order valence-corrected chi connectivity index (χ0v) is 5.55. The van der Waals surface area contributed by atoms with Gasteiger partial charge in [-0.15, -0.1) is 6.58 Å². The molecule has 0 amide bonds. The smallest absolute Gasteiger partial charge is 0.142 e. The molecule has 0 fully saturated rings. The number of hydrogen-bond acceptors (Lipinski definition) is 1. The van der Waals surface area contributed by atoms with Gasteiger partial charge in [0.2, 0.25) is 0 Å². The summed E-state index contributed by atoms with van der Waals surface area (Å²) in [6.45, 7) is 3.58. The van der Waals surface area contributed by atoms with Gasteiger partial charge in [-0.2, -0.15) is 0 Å². The summed E-state index contributed by atoms with van der Waals surface area (Å²) < 4.78 is 0. The zero-order valence-electron chi connectivity index (χ0n) is 5.55. The lowest BCUT2D eigenvalue weighted by atomic mass is 10.2. The number of allylic oxidation sites excluding steroid dienone is 3. The average molecular weight is 124 g/mol. The van der Waals surface area contributed by atoms with Gasteiger partial charge in [0.05, 0.1) is 0 Å². The Morgan fingerprint density at radius 3 is 2.67 bits per heavy atom. The maximum Gasteiger partial charge on any atom is 0.142 e. The van der Waals surface area contributed by atoms with Crippen molar-refractivity contribution < 1.29 is 4.79 Å². The maximum atomic E-state index is 9.73. The summed E-state index contributed by atoms with van der Waals surface area (Å²) in [5.41, 5.74) is 0. The van der Waals surface area contributed by atoms with Crippen molar-refractivity contribution in [2.75, 3.05) is 0 Å². The normalized spacial score (nSPS) is 9.78. The molecular weight excluding hydrogens is 112 g/mol. The molecule has 0 aromatic rings. The lowest BCUT2D eigenvalue weighted by molar-refractivity contribution is -0.104. The van der Waals surface area contributed by atoms with E-state index in [9.17, 15) is 4.79 Å². The first-order chi connectivity index (χ1) is 4.41. The molecule has 1 nitrogen and oxygen atoms in total. The van der Waals surface area contributed by atoms with Gasteiger partial charge in [0.25, 0.3) is 0 Å². The topological polar surface area (TPSA) is 17.1 Å². The van der Waals surface area contributed by atoms with Gasteiger partial charge >= 0.3 is 0 Å². The van der Waals surface area contributed by atoms with Crippen LogP contribution in [-0.2, 0) is 4.79 Å². The summed E-state index contributed by atoms with van der Waals surface area (Å²) in [6.07, 6.45) is 9.18. The standard InChI is InChI=1S/C8H12O/c1-2-3-4-5-6-7-8-9/h2,6-8H,1,3-5H2/b7-6+. The first-order valence-electron chi connectivity index (χ1n) is 3.13. The van der Waals surface area contributed by atoms with Gasteiger partial charge in [-0.05, 0) is 25.3 Å². The van der Waals surface area contributed by atoms with E-state index >= 15 is 0 Å². The van der Waals surface area contributed by atoms with E-state index < -0.39 is 0 Å². The molecular formula is C8H12O. The number of aldehydes is 1. The maximum absolute atomic E-state index is 9.73. The molecule has 0 radical (unpaired) electrons. The summed E-state index contributed by atoms with van der Waals surface area (Å²) in [6, 6.07) is 0. The van der Waals surface area contributed by atoms with Gasteiger partial charge in [0.1, 0.15) is 6.29 Å². The van der Waals surface area contributed by atoms with Crippen molar-refractivity contribution in [3.05, 3.63) is 24.8 Å². The third kappa shape index (κ3) is 7.15. The van der Waals surface area contributed by atoms with E-state index in [4.69, 9.17) is 0 Å². The number of unbranched alkanes of at least 4 members (excludes halogenated alkanes) is 2. The summed E-state index contributed by atoms with van der Waals surface area (Å²) in [7, 11) is 0. The van der Waals surface area contributed by atoms with E-state index in [1.807, 2.05) is 12.2 Å². The van der Waals surface area contributed by atoms with E-state index in [0.29, 0.717) is 0 Å². The van der Waals surface area contributed by atoms with Crippen LogP contribution in [-0.4, -0.2) is 6.29 Å². The molecule has 0 saturated carbocycles. The minimum Gasteiger partial charge on any atom is -0.299 e. The Bertz CT molecular complexity index is 103. The SMILES string of the molecule is C=CCCC/C=C/C=O. The first-order valence-corrected chi connectivity index (χ1v) is 3.13. The highest BCUT2D eigenvalue weighted by molar-refractivity contribution is 5.64. The Morgan fingerprint density at radius 1 is 1.33 bits per heavy atom. The molecule has 0 aromatic carbocycles. The Hall–Kier alpha value is -0.850. The van der Waals surface area contributed by atoms with E-state index in [0.717, 1.165) is 25.5 Å². The molecule has 0 heterocycles. The molecule has 0 aliphatic carbocycles. The van der Waals surface area contributed by atoms with Crippen molar-refractivity contribution in [1.82, 2.24) is 0 Å². The largest absolute Gasteiger partial charge is 0.299 e. The van der Waals surface area contributed by atoms with Crippen LogP contribution in [0.5, 0.6) is 0 Å². The molecule has 0 aromatic heterocycles. The number of hydrogen-bond donors (Lipinski definition) is 0. The van der Waals surface area contributed by atoms with Crippen molar-refractivity contribution in [1.29, 1.82) is 0 Å². The molecule has 50 valence electrons. The molecule has 0 unspecified atom stereocenters. The van der Waals surface area contributed by atoms with Crippen LogP contribution in [0.15, 0.2) is 24.8 Å². The Labute approximate surface area is 56.1 Å². The van der Waals surface area contributed by atoms with Crippen LogP contribution in [0.1, 0.15) is 19.3 Å². The summed E-state index contributed by atoms with van der Waals surface area (Å²) in [4.78, 5) is 9.73. The van der Waals surface area contributed by atoms with Crippen molar-refractivity contribution in [3.8, 4) is 0 Å². The van der Waals surface area contributed by atoms with Crippen LogP contribution in [0.2, 0.25) is 0 Å². The third-order valence-corrected chi connectivity index (χ3v) is 0.994. The van der Waals surface area contributed by atoms with Crippen molar-refractivity contribution in [2.24, 2.45) is 0 Å². The lowest BCUT2D eigenvalue weighted by Gasteiger charge is -1.85. The van der Waals surface area contributed by atoms with E-state index in [1.54, 1.807) is 0 Å². The van der Waals surface area contributed by atoms with Crippen LogP contribution >= 0.6 is 0 Å². The third-order valence-electron chi connectivity index (χ3n) is 0.994. The van der Waals surface area contributed by atoms with Gasteiger partial charge in [-0.3, -0.25) is 4.79 Å². The monoisotopic (exact) mass is 124 g/mol. The lowest BCUT2D eigenvalue weighted by Crippen LogP contribution is -1.67. The Morgan fingerprint density at radius 2 is 2.11 bits per heavy atom. The summed E-state index contributed by atoms with van der Waals surface area (Å²) in [5, 5.41) is 0. The van der Waals surface area contributed by atoms with Crippen molar-refractivity contribution >= 4 is 6.29 Å². The minimum atomic E-state index is 0.800.